The van der Waals surface area contributed by atoms with Gasteiger partial charge in [-0.25, -0.2) is 0 Å². The van der Waals surface area contributed by atoms with Gasteiger partial charge in [-0.05, 0) is 164 Å². The number of anilines is 8. The number of rotatable bonds is 6. The van der Waals surface area contributed by atoms with Crippen LogP contribution in [0, 0.1) is 5.41 Å². The standard InChI is InChI=1S/C69H62BN3/c1-66(2,3)52-31-33-59(55(40-52)47-24-15-10-16-25-47)72-62-39-51-44-67(4,5)43-50(51)37-58(62)70-57-32-30-49(46-22-13-9-14-23-46)38-61(57)71(53-27-19-26-48(36-53)45-20-11-8-12-21-45)63-41-54(42-64(72)65(63)70)73-60-29-18-17-28-56(60)68(6)34-35-69(68,73)7/h8-33,36-42H,34-35,43-44H2,1-7H3. The van der Waals surface area contributed by atoms with E-state index >= 15 is 0 Å². The normalized spacial score (nSPS) is 19.6. The van der Waals surface area contributed by atoms with Crippen LogP contribution in [0.25, 0.3) is 33.4 Å². The lowest BCUT2D eigenvalue weighted by molar-refractivity contribution is 0.133. The van der Waals surface area contributed by atoms with Crippen molar-refractivity contribution in [1.82, 2.24) is 0 Å². The van der Waals surface area contributed by atoms with Crippen LogP contribution in [0.5, 0.6) is 0 Å². The van der Waals surface area contributed by atoms with Crippen LogP contribution < -0.4 is 31.1 Å². The van der Waals surface area contributed by atoms with Crippen molar-refractivity contribution < 1.29 is 0 Å². The van der Waals surface area contributed by atoms with E-state index in [0.29, 0.717) is 0 Å². The second-order valence-corrected chi connectivity index (χ2v) is 24.1. The molecule has 0 bridgehead atoms. The molecular weight excluding hydrogens is 882 g/mol. The second kappa shape index (κ2) is 15.7. The van der Waals surface area contributed by atoms with Crippen molar-refractivity contribution >= 4 is 68.6 Å². The van der Waals surface area contributed by atoms with Gasteiger partial charge in [-0.15, -0.1) is 0 Å². The fourth-order valence-corrected chi connectivity index (χ4v) is 14.0. The summed E-state index contributed by atoms with van der Waals surface area (Å²) in [4.78, 5) is 8.10. The zero-order chi connectivity index (χ0) is 49.6. The topological polar surface area (TPSA) is 9.72 Å². The molecule has 356 valence electrons. The minimum Gasteiger partial charge on any atom is -0.334 e. The van der Waals surface area contributed by atoms with Gasteiger partial charge in [-0.2, -0.15) is 0 Å². The van der Waals surface area contributed by atoms with Crippen molar-refractivity contribution in [1.29, 1.82) is 0 Å². The predicted octanol–water partition coefficient (Wildman–Crippen LogP) is 16.2. The number of fused-ring (bicyclic) bond motifs is 8. The minimum atomic E-state index is -0.102. The van der Waals surface area contributed by atoms with Gasteiger partial charge in [0.1, 0.15) is 0 Å². The van der Waals surface area contributed by atoms with Crippen molar-refractivity contribution in [2.24, 2.45) is 5.41 Å². The van der Waals surface area contributed by atoms with Crippen molar-refractivity contribution in [3.05, 3.63) is 222 Å². The fraction of sp³-hybridized carbons (Fsp3) is 0.217. The highest BCUT2D eigenvalue weighted by atomic mass is 15.3. The highest BCUT2D eigenvalue weighted by Crippen LogP contribution is 2.65. The lowest BCUT2D eigenvalue weighted by Crippen LogP contribution is -2.62. The molecule has 0 saturated heterocycles. The Bertz CT molecular complexity index is 3700. The molecule has 5 aliphatic rings. The van der Waals surface area contributed by atoms with Crippen molar-refractivity contribution in [3.63, 3.8) is 0 Å². The third kappa shape index (κ3) is 6.58. The molecule has 2 unspecified atom stereocenters. The van der Waals surface area contributed by atoms with E-state index in [1.807, 2.05) is 0 Å². The summed E-state index contributed by atoms with van der Waals surface area (Å²) in [7, 11) is 0. The molecular formula is C69H62BN3. The molecule has 1 fully saturated rings. The molecule has 0 N–H and O–H groups in total. The van der Waals surface area contributed by atoms with E-state index in [9.17, 15) is 0 Å². The van der Waals surface area contributed by atoms with E-state index in [0.717, 1.165) is 24.9 Å². The summed E-state index contributed by atoms with van der Waals surface area (Å²) in [6.07, 6.45) is 4.43. The highest BCUT2D eigenvalue weighted by Gasteiger charge is 2.63. The molecule has 2 aliphatic carbocycles. The Morgan fingerprint density at radius 1 is 0.425 bits per heavy atom. The lowest BCUT2D eigenvalue weighted by atomic mass is 9.33. The van der Waals surface area contributed by atoms with Crippen LogP contribution in [-0.4, -0.2) is 12.3 Å². The van der Waals surface area contributed by atoms with E-state index in [1.54, 1.807) is 0 Å². The molecule has 0 amide bonds. The molecule has 9 aromatic rings. The molecule has 1 saturated carbocycles. The van der Waals surface area contributed by atoms with Crippen molar-refractivity contribution in [2.75, 3.05) is 14.7 Å². The van der Waals surface area contributed by atoms with Crippen molar-refractivity contribution in [2.45, 2.75) is 90.5 Å². The maximum atomic E-state index is 2.76. The van der Waals surface area contributed by atoms with Gasteiger partial charge < -0.3 is 14.7 Å². The Morgan fingerprint density at radius 3 is 1.70 bits per heavy atom. The van der Waals surface area contributed by atoms with Gasteiger partial charge in [0, 0.05) is 50.8 Å². The van der Waals surface area contributed by atoms with Gasteiger partial charge in [-0.3, -0.25) is 0 Å². The number of para-hydroxylation sites is 1. The Morgan fingerprint density at radius 2 is 1.03 bits per heavy atom. The van der Waals surface area contributed by atoms with E-state index < -0.39 is 0 Å². The Balaban J connectivity index is 1.12. The third-order valence-corrected chi connectivity index (χ3v) is 18.0. The smallest absolute Gasteiger partial charge is 0.252 e. The maximum Gasteiger partial charge on any atom is 0.252 e. The van der Waals surface area contributed by atoms with E-state index in [1.165, 1.54) is 118 Å². The molecule has 0 radical (unpaired) electrons. The van der Waals surface area contributed by atoms with Gasteiger partial charge in [0.05, 0.1) is 11.2 Å². The Labute approximate surface area is 432 Å². The molecule has 3 heterocycles. The summed E-state index contributed by atoms with van der Waals surface area (Å²) in [5, 5.41) is 0. The first-order valence-corrected chi connectivity index (χ1v) is 26.7. The van der Waals surface area contributed by atoms with Crippen LogP contribution in [0.2, 0.25) is 0 Å². The second-order valence-electron chi connectivity index (χ2n) is 24.1. The zero-order valence-corrected chi connectivity index (χ0v) is 43.3. The van der Waals surface area contributed by atoms with E-state index in [4.69, 9.17) is 0 Å². The van der Waals surface area contributed by atoms with E-state index in [2.05, 4.69) is 263 Å². The molecule has 3 nitrogen and oxygen atoms in total. The van der Waals surface area contributed by atoms with Crippen LogP contribution in [0.15, 0.2) is 200 Å². The first-order valence-electron chi connectivity index (χ1n) is 26.7. The van der Waals surface area contributed by atoms with Gasteiger partial charge in [0.15, 0.2) is 0 Å². The molecule has 0 spiro atoms. The number of nitrogens with zero attached hydrogens (tertiary/aromatic N) is 3. The molecule has 73 heavy (non-hydrogen) atoms. The third-order valence-electron chi connectivity index (χ3n) is 18.0. The average Bonchev–Trinajstić information content (AvgIpc) is 3.78. The number of hydrogen-bond acceptors (Lipinski definition) is 3. The van der Waals surface area contributed by atoms with Crippen LogP contribution in [0.1, 0.15) is 83.6 Å². The largest absolute Gasteiger partial charge is 0.334 e. The SMILES string of the molecule is CC1(C)Cc2cc3c(cc2C1)N(c1ccc(C(C)(C)C)cc1-c1ccccc1)c1cc(N2c4ccccc4C4(C)CCC24C)cc2c1B3c1ccc(-c3ccccc3)cc1N2c1cccc(-c2ccccc2)c1. The summed E-state index contributed by atoms with van der Waals surface area (Å²) in [6, 6.07) is 76.7. The molecule has 0 aromatic heterocycles. The Hall–Kier alpha value is -7.56. The summed E-state index contributed by atoms with van der Waals surface area (Å²) in [5.74, 6) is 0. The van der Waals surface area contributed by atoms with Crippen LogP contribution in [-0.2, 0) is 23.7 Å². The molecule has 2 atom stereocenters. The summed E-state index contributed by atoms with van der Waals surface area (Å²) < 4.78 is 0. The summed E-state index contributed by atoms with van der Waals surface area (Å²) in [6.45, 7) is 17.0. The summed E-state index contributed by atoms with van der Waals surface area (Å²) in [5.41, 5.74) is 27.1. The first-order chi connectivity index (χ1) is 35.3. The van der Waals surface area contributed by atoms with Gasteiger partial charge in [0.2, 0.25) is 0 Å². The van der Waals surface area contributed by atoms with Gasteiger partial charge in [0.25, 0.3) is 6.71 Å². The Kier molecular flexibility index (Phi) is 9.51. The molecule has 14 rings (SSSR count). The van der Waals surface area contributed by atoms with Crippen molar-refractivity contribution in [3.8, 4) is 33.4 Å². The molecule has 3 aliphatic heterocycles. The average molecular weight is 944 g/mol. The highest BCUT2D eigenvalue weighted by molar-refractivity contribution is 7.00. The van der Waals surface area contributed by atoms with Gasteiger partial charge >= 0.3 is 0 Å². The molecule has 9 aromatic carbocycles. The maximum absolute atomic E-state index is 2.76. The van der Waals surface area contributed by atoms with Crippen LogP contribution in [0.4, 0.5) is 45.5 Å². The quantitative estimate of drug-likeness (QED) is 0.154. The predicted molar refractivity (Wildman–Crippen MR) is 310 cm³/mol. The monoisotopic (exact) mass is 944 g/mol. The van der Waals surface area contributed by atoms with Crippen LogP contribution in [0.3, 0.4) is 0 Å². The zero-order valence-electron chi connectivity index (χ0n) is 43.3. The fourth-order valence-electron chi connectivity index (χ4n) is 14.0. The summed E-state index contributed by atoms with van der Waals surface area (Å²) >= 11 is 0. The lowest BCUT2D eigenvalue weighted by Gasteiger charge is -2.56. The minimum absolute atomic E-state index is 0.0165. The number of benzene rings is 9. The van der Waals surface area contributed by atoms with Crippen LogP contribution >= 0.6 is 0 Å². The number of hydrogen-bond donors (Lipinski definition) is 0. The first kappa shape index (κ1) is 44.2. The molecule has 4 heteroatoms. The van der Waals surface area contributed by atoms with Gasteiger partial charge in [-0.1, -0.05) is 187 Å². The van der Waals surface area contributed by atoms with E-state index in [-0.39, 0.29) is 28.5 Å².